The Morgan fingerprint density at radius 1 is 0.679 bits per heavy atom. The highest BCUT2D eigenvalue weighted by Gasteiger charge is 2.71. The molecule has 22 atom stereocenters. The van der Waals surface area contributed by atoms with Gasteiger partial charge in [-0.1, -0.05) is 41.5 Å². The highest BCUT2D eigenvalue weighted by Crippen LogP contribution is 2.75. The molecule has 4 saturated carbocycles. The maximum Gasteiger partial charge on any atom is 0.187 e. The number of rotatable bonds is 6. The van der Waals surface area contributed by atoms with E-state index < -0.39 is 80.2 Å². The number of aliphatic hydroxyl groups excluding tert-OH is 6. The first-order valence-corrected chi connectivity index (χ1v) is 21.0. The molecule has 22 unspecified atom stereocenters. The molecule has 53 heavy (non-hydrogen) atoms. The normalized spacial score (nSPS) is 59.5. The average molecular weight is 753 g/mol. The Hall–Kier alpha value is -0.480. The van der Waals surface area contributed by atoms with Crippen LogP contribution in [0.4, 0.5) is 0 Å². The summed E-state index contributed by atoms with van der Waals surface area (Å²) in [6.45, 7) is 14.0. The molecule has 8 rings (SSSR count). The van der Waals surface area contributed by atoms with Crippen molar-refractivity contribution in [1.82, 2.24) is 0 Å². The quantitative estimate of drug-likeness (QED) is 0.219. The number of hydrogen-bond acceptors (Lipinski definition) is 12. The number of hydrogen-bond donors (Lipinski definition) is 6. The lowest BCUT2D eigenvalue weighted by Gasteiger charge is -2.67. The minimum atomic E-state index is -1.60. The van der Waals surface area contributed by atoms with Gasteiger partial charge in [0.2, 0.25) is 0 Å². The number of fused-ring (bicyclic) bond motifs is 7. The van der Waals surface area contributed by atoms with E-state index in [-0.39, 0.29) is 28.5 Å². The van der Waals surface area contributed by atoms with E-state index in [1.165, 1.54) is 25.7 Å². The van der Waals surface area contributed by atoms with Crippen molar-refractivity contribution in [1.29, 1.82) is 0 Å². The summed E-state index contributed by atoms with van der Waals surface area (Å²) >= 11 is 0. The van der Waals surface area contributed by atoms with Crippen LogP contribution >= 0.6 is 0 Å². The molecule has 0 bridgehead atoms. The SMILES string of the molecule is CC1CCC2(OC1)OC1CC3C4CCC5CC(OC6OC(CO)C(O)C(C)C6OC6OC(CO)C(O)C(O)C6O)CCC5(C)C4(C)CCC3(C)C1C2C. The molecular weight excluding hydrogens is 684 g/mol. The smallest absolute Gasteiger partial charge is 0.187 e. The zero-order valence-electron chi connectivity index (χ0n) is 32.7. The van der Waals surface area contributed by atoms with Gasteiger partial charge in [-0.05, 0) is 104 Å². The molecule has 0 aromatic heterocycles. The van der Waals surface area contributed by atoms with Crippen molar-refractivity contribution in [3.8, 4) is 0 Å². The summed E-state index contributed by atoms with van der Waals surface area (Å²) in [5, 5.41) is 62.3. The first kappa shape index (κ1) is 39.4. The Kier molecular flexibility index (Phi) is 10.5. The van der Waals surface area contributed by atoms with Gasteiger partial charge in [-0.15, -0.1) is 0 Å². The van der Waals surface area contributed by atoms with Crippen LogP contribution in [-0.2, 0) is 28.4 Å². The molecule has 4 saturated heterocycles. The molecule has 8 aliphatic rings. The molecule has 4 aliphatic carbocycles. The van der Waals surface area contributed by atoms with Crippen LogP contribution in [0.25, 0.3) is 0 Å². The van der Waals surface area contributed by atoms with E-state index in [9.17, 15) is 30.6 Å². The standard InChI is InChI=1S/C41H68O12/c1-20-9-12-41(48-19-20)22(3)30-27(53-41)16-26-25-8-7-23-15-24(10-11-39(23,5)40(25,6)14-13-38(26,30)4)49-37-35(21(2)31(44)28(17-42)51-37)52-36-34(47)33(46)32(45)29(18-43)50-36/h20-37,42-47H,7-19H2,1-6H3. The Balaban J connectivity index is 0.962. The lowest BCUT2D eigenvalue weighted by Crippen LogP contribution is -2.63. The fourth-order valence-corrected chi connectivity index (χ4v) is 13.8. The minimum absolute atomic E-state index is 0.135. The summed E-state index contributed by atoms with van der Waals surface area (Å²) in [4.78, 5) is 0. The summed E-state index contributed by atoms with van der Waals surface area (Å²) in [6.07, 6.45) is -0.0989. The summed E-state index contributed by atoms with van der Waals surface area (Å²) < 4.78 is 38.4. The first-order valence-electron chi connectivity index (χ1n) is 21.0. The van der Waals surface area contributed by atoms with Gasteiger partial charge in [0.05, 0.1) is 38.1 Å². The van der Waals surface area contributed by atoms with Gasteiger partial charge in [-0.3, -0.25) is 0 Å². The van der Waals surface area contributed by atoms with E-state index in [1.807, 2.05) is 0 Å². The van der Waals surface area contributed by atoms with E-state index in [1.54, 1.807) is 6.92 Å². The third-order valence-electron chi connectivity index (χ3n) is 17.4. The van der Waals surface area contributed by atoms with Crippen LogP contribution in [0.3, 0.4) is 0 Å². The monoisotopic (exact) mass is 752 g/mol. The van der Waals surface area contributed by atoms with Crippen molar-refractivity contribution < 1.29 is 59.1 Å². The van der Waals surface area contributed by atoms with Crippen LogP contribution in [0.5, 0.6) is 0 Å². The van der Waals surface area contributed by atoms with Gasteiger partial charge >= 0.3 is 0 Å². The van der Waals surface area contributed by atoms with E-state index >= 15 is 0 Å². The third-order valence-corrected chi connectivity index (χ3v) is 17.4. The van der Waals surface area contributed by atoms with Crippen LogP contribution in [0.15, 0.2) is 0 Å². The summed E-state index contributed by atoms with van der Waals surface area (Å²) in [5.41, 5.74) is 0.618. The molecule has 12 nitrogen and oxygen atoms in total. The topological polar surface area (TPSA) is 177 Å². The van der Waals surface area contributed by atoms with Gasteiger partial charge in [-0.2, -0.15) is 0 Å². The van der Waals surface area contributed by atoms with E-state index in [0.717, 1.165) is 45.1 Å². The molecule has 304 valence electrons. The van der Waals surface area contributed by atoms with Crippen LogP contribution in [-0.4, -0.2) is 124 Å². The molecular formula is C41H68O12. The predicted octanol–water partition coefficient (Wildman–Crippen LogP) is 3.11. The third kappa shape index (κ3) is 5.97. The highest BCUT2D eigenvalue weighted by molar-refractivity contribution is 5.18. The lowest BCUT2D eigenvalue weighted by atomic mass is 9.38. The van der Waals surface area contributed by atoms with Crippen LogP contribution in [0.2, 0.25) is 0 Å². The second kappa shape index (κ2) is 14.1. The minimum Gasteiger partial charge on any atom is -0.394 e. The number of aliphatic hydroxyl groups is 6. The lowest BCUT2D eigenvalue weighted by molar-refractivity contribution is -0.367. The second-order valence-corrected chi connectivity index (χ2v) is 19.7. The van der Waals surface area contributed by atoms with Crippen molar-refractivity contribution in [2.45, 2.75) is 179 Å². The summed E-state index contributed by atoms with van der Waals surface area (Å²) in [5.74, 6) is 2.32. The van der Waals surface area contributed by atoms with Gasteiger partial charge in [0.1, 0.15) is 36.6 Å². The Bertz CT molecular complexity index is 1310. The summed E-state index contributed by atoms with van der Waals surface area (Å²) in [7, 11) is 0. The molecule has 6 N–H and O–H groups in total. The van der Waals surface area contributed by atoms with E-state index in [4.69, 9.17) is 28.4 Å². The zero-order chi connectivity index (χ0) is 37.8. The van der Waals surface area contributed by atoms with Gasteiger partial charge in [0.15, 0.2) is 18.4 Å². The van der Waals surface area contributed by atoms with Gasteiger partial charge in [-0.25, -0.2) is 0 Å². The molecule has 8 fully saturated rings. The summed E-state index contributed by atoms with van der Waals surface area (Å²) in [6, 6.07) is 0. The molecule has 0 amide bonds. The van der Waals surface area contributed by atoms with E-state index in [2.05, 4.69) is 34.6 Å². The van der Waals surface area contributed by atoms with E-state index in [0.29, 0.717) is 35.5 Å². The maximum atomic E-state index is 11.0. The fraction of sp³-hybridized carbons (Fsp3) is 1.00. The predicted molar refractivity (Wildman–Crippen MR) is 191 cm³/mol. The highest BCUT2D eigenvalue weighted by atomic mass is 16.8. The van der Waals surface area contributed by atoms with Crippen molar-refractivity contribution >= 4 is 0 Å². The van der Waals surface area contributed by atoms with Crippen molar-refractivity contribution in [3.63, 3.8) is 0 Å². The molecule has 12 heteroatoms. The Labute approximate surface area is 315 Å². The van der Waals surface area contributed by atoms with Crippen LogP contribution in [0.1, 0.15) is 106 Å². The molecule has 4 aliphatic heterocycles. The Morgan fingerprint density at radius 2 is 1.40 bits per heavy atom. The molecule has 1 spiro atoms. The second-order valence-electron chi connectivity index (χ2n) is 19.7. The van der Waals surface area contributed by atoms with Crippen molar-refractivity contribution in [2.75, 3.05) is 19.8 Å². The van der Waals surface area contributed by atoms with Crippen molar-refractivity contribution in [3.05, 3.63) is 0 Å². The van der Waals surface area contributed by atoms with Gasteiger partial charge < -0.3 is 59.1 Å². The first-order chi connectivity index (χ1) is 25.1. The largest absolute Gasteiger partial charge is 0.394 e. The molecule has 0 aromatic rings. The number of ether oxygens (including phenoxy) is 6. The average Bonchev–Trinajstić information content (AvgIpc) is 3.58. The molecule has 0 aromatic carbocycles. The van der Waals surface area contributed by atoms with Gasteiger partial charge in [0, 0.05) is 18.3 Å². The van der Waals surface area contributed by atoms with Crippen LogP contribution in [0, 0.1) is 57.7 Å². The maximum absolute atomic E-state index is 11.0. The fourth-order valence-electron chi connectivity index (χ4n) is 13.8. The van der Waals surface area contributed by atoms with Gasteiger partial charge in [0.25, 0.3) is 0 Å². The molecule has 0 radical (unpaired) electrons. The van der Waals surface area contributed by atoms with Crippen LogP contribution < -0.4 is 0 Å². The Morgan fingerprint density at radius 3 is 2.09 bits per heavy atom. The zero-order valence-corrected chi connectivity index (χ0v) is 32.7. The van der Waals surface area contributed by atoms with Crippen molar-refractivity contribution in [2.24, 2.45) is 57.7 Å². The molecule has 4 heterocycles.